The van der Waals surface area contributed by atoms with E-state index in [0.717, 1.165) is 18.9 Å². The molecule has 1 aromatic heterocycles. The lowest BCUT2D eigenvalue weighted by Gasteiger charge is -2.26. The van der Waals surface area contributed by atoms with Crippen LogP contribution in [0, 0.1) is 5.92 Å². The van der Waals surface area contributed by atoms with E-state index in [1.807, 2.05) is 7.05 Å². The highest BCUT2D eigenvalue weighted by Gasteiger charge is 2.37. The molecule has 0 amide bonds. The van der Waals surface area contributed by atoms with Crippen molar-refractivity contribution in [1.82, 2.24) is 10.3 Å². The monoisotopic (exact) mass is 296 g/mol. The fourth-order valence-electron chi connectivity index (χ4n) is 2.52. The van der Waals surface area contributed by atoms with Crippen LogP contribution in [-0.2, 0) is 16.6 Å². The number of aromatic nitrogens is 1. The maximum absolute atomic E-state index is 5.98. The van der Waals surface area contributed by atoms with Crippen LogP contribution >= 0.6 is 11.3 Å². The third kappa shape index (κ3) is 4.03. The molecule has 0 bridgehead atoms. The first-order valence-corrected chi connectivity index (χ1v) is 8.57. The summed E-state index contributed by atoms with van der Waals surface area (Å²) in [6.45, 7) is 9.53. The van der Waals surface area contributed by atoms with Crippen LogP contribution in [0.2, 0.25) is 0 Å². The van der Waals surface area contributed by atoms with Gasteiger partial charge in [0.1, 0.15) is 0 Å². The smallest absolute Gasteiger partial charge is 0.0945 e. The van der Waals surface area contributed by atoms with Crippen molar-refractivity contribution in [2.45, 2.75) is 64.5 Å². The molecule has 2 unspecified atom stereocenters. The summed E-state index contributed by atoms with van der Waals surface area (Å²) in [6, 6.07) is 0.376. The summed E-state index contributed by atoms with van der Waals surface area (Å²) in [5.41, 5.74) is 1.34. The van der Waals surface area contributed by atoms with E-state index in [9.17, 15) is 0 Å². The van der Waals surface area contributed by atoms with Crippen LogP contribution in [0.3, 0.4) is 0 Å². The molecule has 2 rings (SSSR count). The van der Waals surface area contributed by atoms with Gasteiger partial charge in [-0.2, -0.15) is 0 Å². The topological polar surface area (TPSA) is 34.1 Å². The molecule has 3 nitrogen and oxygen atoms in total. The van der Waals surface area contributed by atoms with Gasteiger partial charge in [-0.15, -0.1) is 11.3 Å². The second kappa shape index (κ2) is 6.54. The summed E-state index contributed by atoms with van der Waals surface area (Å²) >= 11 is 1.78. The number of thiazole rings is 1. The first-order chi connectivity index (χ1) is 9.45. The zero-order valence-corrected chi connectivity index (χ0v) is 14.2. The Morgan fingerprint density at radius 1 is 1.45 bits per heavy atom. The minimum Gasteiger partial charge on any atom is -0.377 e. The SMILES string of the molecule is CCOC(C1CC1)C(Cc1nc(C(C)(C)C)cs1)NC. The predicted octanol–water partition coefficient (Wildman–Crippen LogP) is 3.39. The molecule has 0 aromatic carbocycles. The normalized spacial score (nSPS) is 19.1. The Labute approximate surface area is 127 Å². The Balaban J connectivity index is 2.03. The summed E-state index contributed by atoms with van der Waals surface area (Å²) in [5.74, 6) is 0.745. The lowest BCUT2D eigenvalue weighted by molar-refractivity contribution is 0.0211. The number of hydrogen-bond acceptors (Lipinski definition) is 4. The largest absolute Gasteiger partial charge is 0.377 e. The Bertz CT molecular complexity index is 420. The maximum atomic E-state index is 5.98. The zero-order valence-electron chi connectivity index (χ0n) is 13.4. The molecule has 20 heavy (non-hydrogen) atoms. The number of hydrogen-bond donors (Lipinski definition) is 1. The summed E-state index contributed by atoms with van der Waals surface area (Å²) in [7, 11) is 2.04. The van der Waals surface area contributed by atoms with Crippen LogP contribution in [0.15, 0.2) is 5.38 Å². The van der Waals surface area contributed by atoms with Gasteiger partial charge in [0.2, 0.25) is 0 Å². The van der Waals surface area contributed by atoms with Crippen molar-refractivity contribution in [2.24, 2.45) is 5.92 Å². The molecular formula is C16H28N2OS. The molecule has 114 valence electrons. The quantitative estimate of drug-likeness (QED) is 0.837. The molecule has 1 aromatic rings. The van der Waals surface area contributed by atoms with E-state index in [1.54, 1.807) is 11.3 Å². The van der Waals surface area contributed by atoms with E-state index in [2.05, 4.69) is 38.4 Å². The molecule has 0 radical (unpaired) electrons. The Morgan fingerprint density at radius 3 is 2.60 bits per heavy atom. The summed E-state index contributed by atoms with van der Waals surface area (Å²) < 4.78 is 5.98. The van der Waals surface area contributed by atoms with Gasteiger partial charge < -0.3 is 10.1 Å². The molecule has 1 saturated carbocycles. The van der Waals surface area contributed by atoms with Crippen LogP contribution in [-0.4, -0.2) is 30.8 Å². The number of nitrogens with zero attached hydrogens (tertiary/aromatic N) is 1. The van der Waals surface area contributed by atoms with Gasteiger partial charge in [0.25, 0.3) is 0 Å². The number of likely N-dealkylation sites (N-methyl/N-ethyl adjacent to an activating group) is 1. The fourth-order valence-corrected chi connectivity index (χ4v) is 3.60. The van der Waals surface area contributed by atoms with Gasteiger partial charge in [-0.3, -0.25) is 0 Å². The van der Waals surface area contributed by atoms with Gasteiger partial charge in [-0.1, -0.05) is 20.8 Å². The van der Waals surface area contributed by atoms with Gasteiger partial charge in [0.05, 0.1) is 16.8 Å². The average molecular weight is 296 g/mol. The van der Waals surface area contributed by atoms with E-state index < -0.39 is 0 Å². The highest BCUT2D eigenvalue weighted by molar-refractivity contribution is 7.09. The second-order valence-electron chi connectivity index (χ2n) is 6.73. The van der Waals surface area contributed by atoms with Crippen LogP contribution in [0.1, 0.15) is 51.2 Å². The molecule has 1 aliphatic carbocycles. The van der Waals surface area contributed by atoms with Crippen molar-refractivity contribution in [3.8, 4) is 0 Å². The number of rotatable bonds is 7. The van der Waals surface area contributed by atoms with Crippen molar-refractivity contribution in [2.75, 3.05) is 13.7 Å². The van der Waals surface area contributed by atoms with Crippen LogP contribution < -0.4 is 5.32 Å². The fraction of sp³-hybridized carbons (Fsp3) is 0.812. The van der Waals surface area contributed by atoms with Gasteiger partial charge in [-0.25, -0.2) is 4.98 Å². The minimum absolute atomic E-state index is 0.139. The third-order valence-electron chi connectivity index (χ3n) is 3.93. The molecule has 2 atom stereocenters. The standard InChI is InChI=1S/C16H28N2OS/c1-6-19-15(11-7-8-11)12(17-5)9-14-18-13(10-20-14)16(2,3)4/h10-12,15,17H,6-9H2,1-5H3. The van der Waals surface area contributed by atoms with Gasteiger partial charge in [0.15, 0.2) is 0 Å². The van der Waals surface area contributed by atoms with Gasteiger partial charge >= 0.3 is 0 Å². The van der Waals surface area contributed by atoms with Crippen molar-refractivity contribution >= 4 is 11.3 Å². The molecule has 4 heteroatoms. The Kier molecular flexibility index (Phi) is 5.21. The summed E-state index contributed by atoms with van der Waals surface area (Å²) in [6.07, 6.45) is 3.94. The molecule has 0 spiro atoms. The van der Waals surface area contributed by atoms with Gasteiger partial charge in [-0.05, 0) is 32.7 Å². The highest BCUT2D eigenvalue weighted by atomic mass is 32.1. The molecule has 1 heterocycles. The van der Waals surface area contributed by atoms with Crippen molar-refractivity contribution in [3.63, 3.8) is 0 Å². The van der Waals surface area contributed by atoms with Crippen LogP contribution in [0.25, 0.3) is 0 Å². The summed E-state index contributed by atoms with van der Waals surface area (Å²) in [5, 5.41) is 6.87. The molecular weight excluding hydrogens is 268 g/mol. The molecule has 0 aliphatic heterocycles. The lowest BCUT2D eigenvalue weighted by atomic mass is 9.93. The predicted molar refractivity (Wildman–Crippen MR) is 85.5 cm³/mol. The van der Waals surface area contributed by atoms with Crippen molar-refractivity contribution in [1.29, 1.82) is 0 Å². The summed E-state index contributed by atoms with van der Waals surface area (Å²) in [4.78, 5) is 4.81. The van der Waals surface area contributed by atoms with E-state index in [4.69, 9.17) is 9.72 Å². The lowest BCUT2D eigenvalue weighted by Crippen LogP contribution is -2.42. The van der Waals surface area contributed by atoms with Gasteiger partial charge in [0, 0.05) is 29.9 Å². The Hall–Kier alpha value is -0.450. The molecule has 0 saturated heterocycles. The first kappa shape index (κ1) is 15.9. The van der Waals surface area contributed by atoms with Crippen molar-refractivity contribution < 1.29 is 4.74 Å². The molecule has 1 fully saturated rings. The van der Waals surface area contributed by atoms with E-state index in [0.29, 0.717) is 12.1 Å². The zero-order chi connectivity index (χ0) is 14.8. The third-order valence-corrected chi connectivity index (χ3v) is 4.80. The Morgan fingerprint density at radius 2 is 2.15 bits per heavy atom. The van der Waals surface area contributed by atoms with E-state index in [1.165, 1.54) is 23.5 Å². The first-order valence-electron chi connectivity index (χ1n) is 7.69. The average Bonchev–Trinajstić information content (AvgIpc) is 3.10. The van der Waals surface area contributed by atoms with Crippen LogP contribution in [0.5, 0.6) is 0 Å². The second-order valence-corrected chi connectivity index (χ2v) is 7.68. The van der Waals surface area contributed by atoms with Crippen LogP contribution in [0.4, 0.5) is 0 Å². The maximum Gasteiger partial charge on any atom is 0.0945 e. The van der Waals surface area contributed by atoms with Crippen molar-refractivity contribution in [3.05, 3.63) is 16.1 Å². The molecule has 1 aliphatic rings. The molecule has 1 N–H and O–H groups in total. The minimum atomic E-state index is 0.139. The van der Waals surface area contributed by atoms with E-state index >= 15 is 0 Å². The van der Waals surface area contributed by atoms with E-state index in [-0.39, 0.29) is 5.41 Å². The number of nitrogens with one attached hydrogen (secondary N) is 1. The number of ether oxygens (including phenoxy) is 1. The highest BCUT2D eigenvalue weighted by Crippen LogP contribution is 2.36.